The summed E-state index contributed by atoms with van der Waals surface area (Å²) in [6, 6.07) is 14.4. The van der Waals surface area contributed by atoms with Gasteiger partial charge in [0.1, 0.15) is 17.9 Å². The standard InChI is InChI=1S/C22H21N5O5S2/c1-31-18-6-4-3-5-15(18)7-12-20(28)26-22(33)25-16-8-10-17(11-9-16)34(29,30)27-19-13-21(32-2)24-14-23-19/h3-14H,1-2H3,(H,23,24,27)(H2,25,26,28,33)/b12-7+. The predicted octanol–water partition coefficient (Wildman–Crippen LogP) is 2.82. The summed E-state index contributed by atoms with van der Waals surface area (Å²) in [4.78, 5) is 19.8. The highest BCUT2D eigenvalue weighted by molar-refractivity contribution is 7.92. The first-order valence-electron chi connectivity index (χ1n) is 9.72. The number of carbonyl (C=O) groups is 1. The summed E-state index contributed by atoms with van der Waals surface area (Å²) >= 11 is 5.15. The van der Waals surface area contributed by atoms with Gasteiger partial charge in [-0.25, -0.2) is 18.4 Å². The molecule has 0 atom stereocenters. The minimum Gasteiger partial charge on any atom is -0.496 e. The Balaban J connectivity index is 1.58. The number of nitrogens with one attached hydrogen (secondary N) is 3. The van der Waals surface area contributed by atoms with Crippen LogP contribution >= 0.6 is 12.2 Å². The molecule has 0 fully saturated rings. The molecule has 34 heavy (non-hydrogen) atoms. The van der Waals surface area contributed by atoms with Crippen LogP contribution in [-0.4, -0.2) is 43.6 Å². The van der Waals surface area contributed by atoms with Crippen molar-refractivity contribution in [1.29, 1.82) is 0 Å². The Labute approximate surface area is 202 Å². The molecular formula is C22H21N5O5S2. The normalized spacial score (nSPS) is 11.0. The van der Waals surface area contributed by atoms with Crippen molar-refractivity contribution in [2.75, 3.05) is 24.3 Å². The van der Waals surface area contributed by atoms with Crippen molar-refractivity contribution in [3.8, 4) is 11.6 Å². The summed E-state index contributed by atoms with van der Waals surface area (Å²) in [7, 11) is -0.928. The van der Waals surface area contributed by atoms with Crippen LogP contribution in [0.5, 0.6) is 11.6 Å². The van der Waals surface area contributed by atoms with Crippen molar-refractivity contribution < 1.29 is 22.7 Å². The van der Waals surface area contributed by atoms with Gasteiger partial charge in [0, 0.05) is 23.4 Å². The van der Waals surface area contributed by atoms with Crippen molar-refractivity contribution >= 4 is 50.8 Å². The number of nitrogens with zero attached hydrogens (tertiary/aromatic N) is 2. The number of aromatic nitrogens is 2. The Morgan fingerprint density at radius 2 is 1.76 bits per heavy atom. The van der Waals surface area contributed by atoms with Gasteiger partial charge in [0.15, 0.2) is 5.11 Å². The molecule has 3 rings (SSSR count). The monoisotopic (exact) mass is 499 g/mol. The van der Waals surface area contributed by atoms with Crippen molar-refractivity contribution in [1.82, 2.24) is 15.3 Å². The molecule has 1 aromatic heterocycles. The topological polar surface area (TPSA) is 132 Å². The first kappa shape index (κ1) is 24.6. The van der Waals surface area contributed by atoms with Gasteiger partial charge in [0.25, 0.3) is 10.0 Å². The Morgan fingerprint density at radius 1 is 1.03 bits per heavy atom. The summed E-state index contributed by atoms with van der Waals surface area (Å²) < 4.78 is 37.7. The maximum absolute atomic E-state index is 12.6. The molecule has 0 bridgehead atoms. The van der Waals surface area contributed by atoms with E-state index in [1.54, 1.807) is 19.3 Å². The van der Waals surface area contributed by atoms with Crippen LogP contribution in [0.1, 0.15) is 5.56 Å². The zero-order valence-electron chi connectivity index (χ0n) is 18.2. The fourth-order valence-corrected chi connectivity index (χ4v) is 3.92. The second-order valence-electron chi connectivity index (χ2n) is 6.59. The lowest BCUT2D eigenvalue weighted by atomic mass is 10.2. The fraction of sp³-hybridized carbons (Fsp3) is 0.0909. The molecule has 0 radical (unpaired) electrons. The third kappa shape index (κ3) is 6.73. The number of ether oxygens (including phenoxy) is 2. The highest BCUT2D eigenvalue weighted by Gasteiger charge is 2.15. The lowest BCUT2D eigenvalue weighted by Gasteiger charge is -2.10. The predicted molar refractivity (Wildman–Crippen MR) is 132 cm³/mol. The van der Waals surface area contributed by atoms with E-state index in [1.807, 2.05) is 18.2 Å². The summed E-state index contributed by atoms with van der Waals surface area (Å²) in [5.41, 5.74) is 1.23. The van der Waals surface area contributed by atoms with Gasteiger partial charge in [-0.1, -0.05) is 18.2 Å². The van der Waals surface area contributed by atoms with E-state index in [-0.39, 0.29) is 21.7 Å². The van der Waals surface area contributed by atoms with Crippen LogP contribution in [0.3, 0.4) is 0 Å². The average molecular weight is 500 g/mol. The lowest BCUT2D eigenvalue weighted by Crippen LogP contribution is -2.32. The van der Waals surface area contributed by atoms with Gasteiger partial charge in [-0.15, -0.1) is 0 Å². The molecule has 0 saturated heterocycles. The number of sulfonamides is 1. The second kappa shape index (κ2) is 11.2. The largest absolute Gasteiger partial charge is 0.496 e. The molecule has 0 saturated carbocycles. The first-order valence-corrected chi connectivity index (χ1v) is 11.6. The summed E-state index contributed by atoms with van der Waals surface area (Å²) in [6.45, 7) is 0. The number of anilines is 2. The zero-order chi connectivity index (χ0) is 24.6. The average Bonchev–Trinajstić information content (AvgIpc) is 2.83. The Hall–Kier alpha value is -4.03. The fourth-order valence-electron chi connectivity index (χ4n) is 2.71. The number of hydrogen-bond donors (Lipinski definition) is 3. The van der Waals surface area contributed by atoms with Gasteiger partial charge in [-0.05, 0) is 48.6 Å². The summed E-state index contributed by atoms with van der Waals surface area (Å²) in [6.07, 6.45) is 4.12. The molecule has 176 valence electrons. The third-order valence-electron chi connectivity index (χ3n) is 4.30. The number of amides is 1. The van der Waals surface area contributed by atoms with E-state index in [1.165, 1.54) is 49.8 Å². The SMILES string of the molecule is COc1cc(NS(=O)(=O)c2ccc(NC(=S)NC(=O)/C=C/c3ccccc3OC)cc2)ncn1. The van der Waals surface area contributed by atoms with Crippen LogP contribution in [0.2, 0.25) is 0 Å². The van der Waals surface area contributed by atoms with Gasteiger partial charge in [0.05, 0.1) is 19.1 Å². The molecule has 1 amide bonds. The Kier molecular flexibility index (Phi) is 8.11. The molecule has 1 heterocycles. The number of para-hydroxylation sites is 1. The van der Waals surface area contributed by atoms with Crippen LogP contribution in [0.15, 0.2) is 71.9 Å². The van der Waals surface area contributed by atoms with Gasteiger partial charge < -0.3 is 14.8 Å². The van der Waals surface area contributed by atoms with E-state index in [2.05, 4.69) is 25.3 Å². The summed E-state index contributed by atoms with van der Waals surface area (Å²) in [5.74, 6) is 0.488. The maximum atomic E-state index is 12.6. The summed E-state index contributed by atoms with van der Waals surface area (Å²) in [5, 5.41) is 5.40. The molecule has 0 aliphatic rings. The molecule has 0 aliphatic carbocycles. The van der Waals surface area contributed by atoms with Gasteiger partial charge >= 0.3 is 0 Å². The van der Waals surface area contributed by atoms with E-state index in [4.69, 9.17) is 21.7 Å². The van der Waals surface area contributed by atoms with Crippen molar-refractivity contribution in [3.05, 3.63) is 72.6 Å². The second-order valence-corrected chi connectivity index (χ2v) is 8.68. The number of hydrogen-bond acceptors (Lipinski definition) is 8. The molecule has 2 aromatic carbocycles. The number of rotatable bonds is 8. The highest BCUT2D eigenvalue weighted by Crippen LogP contribution is 2.19. The molecule has 12 heteroatoms. The number of thiocarbonyl (C=S) groups is 1. The molecule has 10 nitrogen and oxygen atoms in total. The van der Waals surface area contributed by atoms with Gasteiger partial charge in [-0.2, -0.15) is 0 Å². The Bertz CT molecular complexity index is 1310. The van der Waals surface area contributed by atoms with Crippen LogP contribution in [-0.2, 0) is 14.8 Å². The Morgan fingerprint density at radius 3 is 2.47 bits per heavy atom. The maximum Gasteiger partial charge on any atom is 0.263 e. The molecule has 3 N–H and O–H groups in total. The van der Waals surface area contributed by atoms with Gasteiger partial charge in [-0.3, -0.25) is 14.8 Å². The number of methoxy groups -OCH3 is 2. The van der Waals surface area contributed by atoms with E-state index < -0.39 is 15.9 Å². The van der Waals surface area contributed by atoms with E-state index in [0.717, 1.165) is 5.56 Å². The van der Waals surface area contributed by atoms with Gasteiger partial charge in [0.2, 0.25) is 11.8 Å². The lowest BCUT2D eigenvalue weighted by molar-refractivity contribution is -0.115. The van der Waals surface area contributed by atoms with Crippen LogP contribution < -0.4 is 24.8 Å². The molecule has 0 spiro atoms. The van der Waals surface area contributed by atoms with Crippen LogP contribution in [0.4, 0.5) is 11.5 Å². The van der Waals surface area contributed by atoms with Crippen molar-refractivity contribution in [3.63, 3.8) is 0 Å². The van der Waals surface area contributed by atoms with Crippen LogP contribution in [0, 0.1) is 0 Å². The first-order chi connectivity index (χ1) is 16.3. The minimum atomic E-state index is -3.89. The highest BCUT2D eigenvalue weighted by atomic mass is 32.2. The zero-order valence-corrected chi connectivity index (χ0v) is 19.8. The quantitative estimate of drug-likeness (QED) is 0.316. The minimum absolute atomic E-state index is 0.00493. The molecule has 0 unspecified atom stereocenters. The van der Waals surface area contributed by atoms with Crippen molar-refractivity contribution in [2.45, 2.75) is 4.90 Å². The number of carbonyl (C=O) groups excluding carboxylic acids is 1. The van der Waals surface area contributed by atoms with E-state index >= 15 is 0 Å². The third-order valence-corrected chi connectivity index (χ3v) is 5.88. The molecule has 0 aliphatic heterocycles. The van der Waals surface area contributed by atoms with Crippen molar-refractivity contribution in [2.24, 2.45) is 0 Å². The van der Waals surface area contributed by atoms with E-state index in [9.17, 15) is 13.2 Å². The molecular weight excluding hydrogens is 478 g/mol. The molecule has 3 aromatic rings. The number of benzene rings is 2. The smallest absolute Gasteiger partial charge is 0.263 e. The van der Waals surface area contributed by atoms with Crippen LogP contribution in [0.25, 0.3) is 6.08 Å². The van der Waals surface area contributed by atoms with E-state index in [0.29, 0.717) is 11.4 Å².